The van der Waals surface area contributed by atoms with Crippen molar-refractivity contribution in [3.63, 3.8) is 0 Å². The molecule has 0 saturated heterocycles. The molecule has 92 valence electrons. The number of aryl methyl sites for hydroxylation is 1. The number of benzene rings is 1. The Morgan fingerprint density at radius 2 is 1.89 bits per heavy atom. The third-order valence-electron chi connectivity index (χ3n) is 3.49. The van der Waals surface area contributed by atoms with Crippen LogP contribution in [0.4, 0.5) is 0 Å². The average Bonchev–Trinajstić information content (AvgIpc) is 2.69. The van der Waals surface area contributed by atoms with Crippen molar-refractivity contribution in [2.45, 2.75) is 26.2 Å². The van der Waals surface area contributed by atoms with Crippen molar-refractivity contribution in [3.8, 4) is 5.69 Å². The Balaban J connectivity index is 2.18. The van der Waals surface area contributed by atoms with Crippen LogP contribution in [-0.2, 0) is 6.42 Å². The molecular formula is C15H14INO. The van der Waals surface area contributed by atoms with Crippen molar-refractivity contribution in [2.24, 2.45) is 0 Å². The summed E-state index contributed by atoms with van der Waals surface area (Å²) in [6.45, 7) is 2.07. The minimum atomic E-state index is 0.295. The van der Waals surface area contributed by atoms with Gasteiger partial charge in [-0.1, -0.05) is 0 Å². The molecule has 0 aliphatic heterocycles. The highest BCUT2D eigenvalue weighted by Crippen LogP contribution is 2.28. The van der Waals surface area contributed by atoms with E-state index in [-0.39, 0.29) is 0 Å². The molecule has 0 atom stereocenters. The molecule has 1 aliphatic carbocycles. The van der Waals surface area contributed by atoms with Crippen LogP contribution in [-0.4, -0.2) is 10.4 Å². The monoisotopic (exact) mass is 351 g/mol. The van der Waals surface area contributed by atoms with Gasteiger partial charge in [-0.05, 0) is 72.7 Å². The maximum atomic E-state index is 11.9. The van der Waals surface area contributed by atoms with Crippen molar-refractivity contribution in [3.05, 3.63) is 50.9 Å². The average molecular weight is 351 g/mol. The van der Waals surface area contributed by atoms with E-state index < -0.39 is 0 Å². The second-order valence-electron chi connectivity index (χ2n) is 4.73. The molecular weight excluding hydrogens is 337 g/mol. The molecule has 0 amide bonds. The number of nitrogens with zero attached hydrogens (tertiary/aromatic N) is 1. The number of hydrogen-bond donors (Lipinski definition) is 0. The van der Waals surface area contributed by atoms with Crippen molar-refractivity contribution in [1.29, 1.82) is 0 Å². The van der Waals surface area contributed by atoms with Crippen molar-refractivity contribution < 1.29 is 4.79 Å². The van der Waals surface area contributed by atoms with Crippen LogP contribution in [0.5, 0.6) is 0 Å². The molecule has 2 nitrogen and oxygen atoms in total. The number of fused-ring (bicyclic) bond motifs is 1. The summed E-state index contributed by atoms with van der Waals surface area (Å²) in [6.07, 6.45) is 2.67. The number of Topliss-reactive ketones (excluding diaryl/α,β-unsaturated/α-hetero) is 1. The van der Waals surface area contributed by atoms with E-state index in [1.807, 2.05) is 6.07 Å². The van der Waals surface area contributed by atoms with Crippen molar-refractivity contribution in [1.82, 2.24) is 4.57 Å². The Kier molecular flexibility index (Phi) is 3.01. The van der Waals surface area contributed by atoms with Crippen molar-refractivity contribution in [2.75, 3.05) is 0 Å². The van der Waals surface area contributed by atoms with E-state index in [2.05, 4.69) is 58.3 Å². The Hall–Kier alpha value is -1.10. The second kappa shape index (κ2) is 4.53. The van der Waals surface area contributed by atoms with Gasteiger partial charge in [-0.15, -0.1) is 0 Å². The topological polar surface area (TPSA) is 22.0 Å². The summed E-state index contributed by atoms with van der Waals surface area (Å²) in [6, 6.07) is 10.5. The molecule has 3 rings (SSSR count). The highest BCUT2D eigenvalue weighted by molar-refractivity contribution is 14.1. The van der Waals surface area contributed by atoms with Crippen LogP contribution < -0.4 is 0 Å². The lowest BCUT2D eigenvalue weighted by molar-refractivity contribution is 0.0972. The number of aromatic nitrogens is 1. The minimum Gasteiger partial charge on any atom is -0.317 e. The fourth-order valence-corrected chi connectivity index (χ4v) is 3.04. The van der Waals surface area contributed by atoms with E-state index in [1.54, 1.807) is 0 Å². The molecule has 1 aliphatic rings. The quantitative estimate of drug-likeness (QED) is 0.714. The number of halogens is 1. The maximum Gasteiger partial charge on any atom is 0.164 e. The smallest absolute Gasteiger partial charge is 0.164 e. The molecule has 0 spiro atoms. The first-order valence-corrected chi connectivity index (χ1v) is 7.25. The zero-order chi connectivity index (χ0) is 12.7. The van der Waals surface area contributed by atoms with Gasteiger partial charge in [0.2, 0.25) is 0 Å². The van der Waals surface area contributed by atoms with Gasteiger partial charge in [0.15, 0.2) is 5.78 Å². The Morgan fingerprint density at radius 3 is 2.61 bits per heavy atom. The van der Waals surface area contributed by atoms with Crippen LogP contribution in [0.15, 0.2) is 30.3 Å². The molecule has 0 unspecified atom stereocenters. The molecule has 0 fully saturated rings. The third-order valence-corrected chi connectivity index (χ3v) is 4.21. The maximum absolute atomic E-state index is 11.9. The fraction of sp³-hybridized carbons (Fsp3) is 0.267. The molecule has 1 aromatic heterocycles. The molecule has 0 N–H and O–H groups in total. The van der Waals surface area contributed by atoms with E-state index in [0.717, 1.165) is 29.8 Å². The van der Waals surface area contributed by atoms with Gasteiger partial charge in [-0.2, -0.15) is 0 Å². The van der Waals surface area contributed by atoms with E-state index in [4.69, 9.17) is 0 Å². The summed E-state index contributed by atoms with van der Waals surface area (Å²) in [4.78, 5) is 11.9. The van der Waals surface area contributed by atoms with Crippen LogP contribution in [0.1, 0.15) is 34.6 Å². The third kappa shape index (κ3) is 1.90. The molecule has 18 heavy (non-hydrogen) atoms. The van der Waals surface area contributed by atoms with Crippen LogP contribution in [0, 0.1) is 10.5 Å². The second-order valence-corrected chi connectivity index (χ2v) is 5.98. The van der Waals surface area contributed by atoms with E-state index >= 15 is 0 Å². The van der Waals surface area contributed by atoms with Crippen LogP contribution in [0.3, 0.4) is 0 Å². The predicted octanol–water partition coefficient (Wildman–Crippen LogP) is 3.91. The van der Waals surface area contributed by atoms with Gasteiger partial charge in [0.25, 0.3) is 0 Å². The normalized spacial score (nSPS) is 14.7. The van der Waals surface area contributed by atoms with Gasteiger partial charge in [0.1, 0.15) is 0 Å². The zero-order valence-corrected chi connectivity index (χ0v) is 12.4. The summed E-state index contributed by atoms with van der Waals surface area (Å²) < 4.78 is 3.45. The highest BCUT2D eigenvalue weighted by atomic mass is 127. The standard InChI is InChI=1S/C15H14INO/c1-10-9-13-14(3-2-4-15(13)18)17(10)12-7-5-11(16)6-8-12/h5-9H,2-4H2,1H3. The molecule has 0 bridgehead atoms. The first-order valence-electron chi connectivity index (χ1n) is 6.17. The van der Waals surface area contributed by atoms with E-state index in [0.29, 0.717) is 12.2 Å². The largest absolute Gasteiger partial charge is 0.317 e. The summed E-state index contributed by atoms with van der Waals surface area (Å²) >= 11 is 2.31. The summed E-state index contributed by atoms with van der Waals surface area (Å²) in [5.41, 5.74) is 4.42. The van der Waals surface area contributed by atoms with E-state index in [9.17, 15) is 4.79 Å². The predicted molar refractivity (Wildman–Crippen MR) is 80.5 cm³/mol. The Labute approximate surface area is 120 Å². The summed E-state index contributed by atoms with van der Waals surface area (Å²) in [5, 5.41) is 0. The van der Waals surface area contributed by atoms with Gasteiger partial charge in [0.05, 0.1) is 0 Å². The van der Waals surface area contributed by atoms with Gasteiger partial charge in [0, 0.05) is 32.6 Å². The van der Waals surface area contributed by atoms with Crippen LogP contribution >= 0.6 is 22.6 Å². The molecule has 0 radical (unpaired) electrons. The lowest BCUT2D eigenvalue weighted by Crippen LogP contribution is -2.12. The Morgan fingerprint density at radius 1 is 1.17 bits per heavy atom. The lowest BCUT2D eigenvalue weighted by atomic mass is 9.96. The molecule has 0 saturated carbocycles. The summed E-state index contributed by atoms with van der Waals surface area (Å²) in [5.74, 6) is 0.295. The highest BCUT2D eigenvalue weighted by Gasteiger charge is 2.22. The number of hydrogen-bond acceptors (Lipinski definition) is 1. The molecule has 3 heteroatoms. The summed E-state index contributed by atoms with van der Waals surface area (Å²) in [7, 11) is 0. The number of ketones is 1. The molecule has 2 aromatic rings. The first kappa shape index (κ1) is 12.0. The van der Waals surface area contributed by atoms with Gasteiger partial charge in [-0.3, -0.25) is 4.79 Å². The number of rotatable bonds is 1. The van der Waals surface area contributed by atoms with E-state index in [1.165, 1.54) is 9.26 Å². The van der Waals surface area contributed by atoms with Gasteiger partial charge < -0.3 is 4.57 Å². The van der Waals surface area contributed by atoms with Crippen molar-refractivity contribution >= 4 is 28.4 Å². The zero-order valence-electron chi connectivity index (χ0n) is 10.2. The molecule has 1 aromatic carbocycles. The van der Waals surface area contributed by atoms with Crippen LogP contribution in [0.2, 0.25) is 0 Å². The fourth-order valence-electron chi connectivity index (χ4n) is 2.68. The first-order chi connectivity index (χ1) is 8.66. The van der Waals surface area contributed by atoms with Crippen LogP contribution in [0.25, 0.3) is 5.69 Å². The Bertz CT molecular complexity index is 610. The number of carbonyl (C=O) groups is 1. The SMILES string of the molecule is Cc1cc2c(n1-c1ccc(I)cc1)CCCC2=O. The van der Waals surface area contributed by atoms with Gasteiger partial charge >= 0.3 is 0 Å². The number of carbonyl (C=O) groups excluding carboxylic acids is 1. The lowest BCUT2D eigenvalue weighted by Gasteiger charge is -2.16. The van der Waals surface area contributed by atoms with Gasteiger partial charge in [-0.25, -0.2) is 0 Å². The molecule has 1 heterocycles. The minimum absolute atomic E-state index is 0.295.